The number of alkyl halides is 3. The molecule has 0 aliphatic heterocycles. The van der Waals surface area contributed by atoms with Gasteiger partial charge in [0, 0.05) is 24.2 Å². The first-order chi connectivity index (χ1) is 18.3. The summed E-state index contributed by atoms with van der Waals surface area (Å²) < 4.78 is 74.8. The lowest BCUT2D eigenvalue weighted by molar-refractivity contribution is -0.274. The number of ether oxygens (including phenoxy) is 2. The number of nitrogens with one attached hydrogen (secondary N) is 2. The van der Waals surface area contributed by atoms with Crippen LogP contribution in [-0.4, -0.2) is 46.7 Å². The molecule has 0 radical (unpaired) electrons. The van der Waals surface area contributed by atoms with Gasteiger partial charge in [0.15, 0.2) is 11.2 Å². The van der Waals surface area contributed by atoms with Crippen LogP contribution in [0.4, 0.5) is 13.2 Å². The number of nitrogens with zero attached hydrogens (tertiary/aromatic N) is 3. The quantitative estimate of drug-likeness (QED) is 0.272. The minimum Gasteiger partial charge on any atom is -0.425 e. The molecule has 0 unspecified atom stereocenters. The molecule has 16 heteroatoms. The molecule has 11 nitrogen and oxygen atoms in total. The lowest BCUT2D eigenvalue weighted by Gasteiger charge is -2.12. The standard InChI is InChI=1S/C23H21ClF3N5O6S/c1-39(35,36)28-10-3-11-31-20(33)18-19(29-21(31)34)30-22(32(18)13-14-6-8-15(24)9-7-14)37-16-4-2-5-17(12-16)38-23(25,26)27/h2,4-9,12,28H,3,10-11,13H2,1H3,(H,29,34). The zero-order valence-electron chi connectivity index (χ0n) is 20.2. The minimum absolute atomic E-state index is 0.00249. The highest BCUT2D eigenvalue weighted by Crippen LogP contribution is 2.30. The molecule has 0 bridgehead atoms. The van der Waals surface area contributed by atoms with E-state index >= 15 is 0 Å². The summed E-state index contributed by atoms with van der Waals surface area (Å²) in [4.78, 5) is 32.8. The molecule has 0 atom stereocenters. The van der Waals surface area contributed by atoms with Gasteiger partial charge in [-0.3, -0.25) is 18.9 Å². The van der Waals surface area contributed by atoms with Crippen molar-refractivity contribution in [3.05, 3.63) is 80.0 Å². The van der Waals surface area contributed by atoms with Crippen LogP contribution in [0.3, 0.4) is 0 Å². The fourth-order valence-electron chi connectivity index (χ4n) is 3.66. The van der Waals surface area contributed by atoms with Crippen molar-refractivity contribution < 1.29 is 31.1 Å². The van der Waals surface area contributed by atoms with Gasteiger partial charge in [-0.05, 0) is 36.2 Å². The van der Waals surface area contributed by atoms with E-state index < -0.39 is 33.4 Å². The summed E-state index contributed by atoms with van der Waals surface area (Å²) in [6.45, 7) is -0.0814. The summed E-state index contributed by atoms with van der Waals surface area (Å²) in [7, 11) is -3.45. The van der Waals surface area contributed by atoms with Gasteiger partial charge in [0.2, 0.25) is 10.0 Å². The van der Waals surface area contributed by atoms with Crippen molar-refractivity contribution in [2.45, 2.75) is 25.9 Å². The van der Waals surface area contributed by atoms with E-state index in [0.717, 1.165) is 23.0 Å². The van der Waals surface area contributed by atoms with Crippen molar-refractivity contribution in [3.8, 4) is 17.5 Å². The Balaban J connectivity index is 1.76. The van der Waals surface area contributed by atoms with E-state index in [1.54, 1.807) is 24.3 Å². The second kappa shape index (κ2) is 11.1. The van der Waals surface area contributed by atoms with Crippen LogP contribution in [0.2, 0.25) is 5.02 Å². The molecule has 2 aromatic carbocycles. The fourth-order valence-corrected chi connectivity index (χ4v) is 4.30. The predicted molar refractivity (Wildman–Crippen MR) is 136 cm³/mol. The average Bonchev–Trinajstić information content (AvgIpc) is 3.14. The maximum absolute atomic E-state index is 13.4. The van der Waals surface area contributed by atoms with Crippen molar-refractivity contribution in [3.63, 3.8) is 0 Å². The molecule has 2 N–H and O–H groups in total. The molecular formula is C23H21ClF3N5O6S. The van der Waals surface area contributed by atoms with Gasteiger partial charge in [0.1, 0.15) is 11.5 Å². The summed E-state index contributed by atoms with van der Waals surface area (Å²) in [5.41, 5.74) is -0.985. The Hall–Kier alpha value is -3.82. The Labute approximate surface area is 223 Å². The average molecular weight is 588 g/mol. The molecule has 0 fully saturated rings. The number of imidazole rings is 1. The third kappa shape index (κ3) is 7.40. The minimum atomic E-state index is -4.91. The molecule has 0 aliphatic carbocycles. The highest BCUT2D eigenvalue weighted by molar-refractivity contribution is 7.88. The first kappa shape index (κ1) is 28.2. The Morgan fingerprint density at radius 3 is 2.44 bits per heavy atom. The smallest absolute Gasteiger partial charge is 0.425 e. The van der Waals surface area contributed by atoms with Crippen LogP contribution in [0.15, 0.2) is 58.1 Å². The fraction of sp³-hybridized carbons (Fsp3) is 0.261. The van der Waals surface area contributed by atoms with Crippen LogP contribution in [0.5, 0.6) is 17.5 Å². The van der Waals surface area contributed by atoms with Gasteiger partial charge in [-0.2, -0.15) is 4.98 Å². The monoisotopic (exact) mass is 587 g/mol. The molecule has 0 spiro atoms. The molecule has 4 rings (SSSR count). The maximum Gasteiger partial charge on any atom is 0.573 e. The summed E-state index contributed by atoms with van der Waals surface area (Å²) in [6.07, 6.45) is -3.79. The Bertz CT molecular complexity index is 1720. The van der Waals surface area contributed by atoms with E-state index in [1.807, 2.05) is 0 Å². The first-order valence-corrected chi connectivity index (χ1v) is 13.5. The number of rotatable bonds is 10. The molecule has 0 amide bonds. The van der Waals surface area contributed by atoms with Crippen molar-refractivity contribution in [2.75, 3.05) is 12.8 Å². The van der Waals surface area contributed by atoms with E-state index in [1.165, 1.54) is 16.7 Å². The van der Waals surface area contributed by atoms with Gasteiger partial charge < -0.3 is 9.47 Å². The number of fused-ring (bicyclic) bond motifs is 1. The normalized spacial score (nSPS) is 12.1. The highest BCUT2D eigenvalue weighted by atomic mass is 35.5. The van der Waals surface area contributed by atoms with Crippen molar-refractivity contribution in [1.82, 2.24) is 23.8 Å². The van der Waals surface area contributed by atoms with Crippen LogP contribution >= 0.6 is 11.6 Å². The summed E-state index contributed by atoms with van der Waals surface area (Å²) in [5.74, 6) is -0.599. The van der Waals surface area contributed by atoms with Crippen molar-refractivity contribution in [2.24, 2.45) is 0 Å². The molecule has 39 heavy (non-hydrogen) atoms. The summed E-state index contributed by atoms with van der Waals surface area (Å²) in [6, 6.07) is 11.2. The highest BCUT2D eigenvalue weighted by Gasteiger charge is 2.31. The molecule has 0 saturated carbocycles. The van der Waals surface area contributed by atoms with Gasteiger partial charge in [-0.1, -0.05) is 29.8 Å². The van der Waals surface area contributed by atoms with E-state index in [4.69, 9.17) is 16.3 Å². The second-order valence-corrected chi connectivity index (χ2v) is 10.6. The van der Waals surface area contributed by atoms with E-state index in [0.29, 0.717) is 10.6 Å². The molecule has 0 aliphatic rings. The van der Waals surface area contributed by atoms with E-state index in [9.17, 15) is 31.2 Å². The third-order valence-electron chi connectivity index (χ3n) is 5.28. The molecule has 208 valence electrons. The molecule has 2 heterocycles. The number of halogens is 4. The first-order valence-electron chi connectivity index (χ1n) is 11.3. The Morgan fingerprint density at radius 2 is 1.77 bits per heavy atom. The van der Waals surface area contributed by atoms with Crippen LogP contribution in [-0.2, 0) is 23.1 Å². The lowest BCUT2D eigenvalue weighted by atomic mass is 10.2. The molecular weight excluding hydrogens is 567 g/mol. The van der Waals surface area contributed by atoms with E-state index in [2.05, 4.69) is 19.4 Å². The molecule has 0 saturated heterocycles. The van der Waals surface area contributed by atoms with Crippen LogP contribution in [0.25, 0.3) is 11.2 Å². The number of sulfonamides is 1. The zero-order chi connectivity index (χ0) is 28.4. The van der Waals surface area contributed by atoms with Crippen LogP contribution < -0.4 is 25.4 Å². The number of hydrogen-bond donors (Lipinski definition) is 2. The van der Waals surface area contributed by atoms with Crippen LogP contribution in [0.1, 0.15) is 12.0 Å². The third-order valence-corrected chi connectivity index (χ3v) is 6.26. The second-order valence-electron chi connectivity index (χ2n) is 8.34. The maximum atomic E-state index is 13.4. The summed E-state index contributed by atoms with van der Waals surface area (Å²) >= 11 is 5.97. The Morgan fingerprint density at radius 1 is 1.08 bits per heavy atom. The molecule has 2 aromatic heterocycles. The van der Waals surface area contributed by atoms with Crippen molar-refractivity contribution in [1.29, 1.82) is 0 Å². The van der Waals surface area contributed by atoms with Gasteiger partial charge in [-0.15, -0.1) is 13.2 Å². The van der Waals surface area contributed by atoms with Crippen molar-refractivity contribution >= 4 is 32.8 Å². The predicted octanol–water partition coefficient (Wildman–Crippen LogP) is 3.22. The number of H-pyrrole nitrogens is 1. The van der Waals surface area contributed by atoms with E-state index in [-0.39, 0.29) is 49.0 Å². The van der Waals surface area contributed by atoms with Gasteiger partial charge >= 0.3 is 18.1 Å². The SMILES string of the molecule is CS(=O)(=O)NCCCn1c(=O)[nH]c2nc(Oc3cccc(OC(F)(F)F)c3)n(Cc3ccc(Cl)cc3)c2c1=O. The zero-order valence-corrected chi connectivity index (χ0v) is 21.7. The topological polar surface area (TPSA) is 137 Å². The number of benzene rings is 2. The van der Waals surface area contributed by atoms with Gasteiger partial charge in [-0.25, -0.2) is 17.9 Å². The number of aromatic nitrogens is 4. The van der Waals surface area contributed by atoms with Crippen LogP contribution in [0, 0.1) is 0 Å². The van der Waals surface area contributed by atoms with Gasteiger partial charge in [0.05, 0.1) is 12.8 Å². The van der Waals surface area contributed by atoms with Gasteiger partial charge in [0.25, 0.3) is 5.56 Å². The lowest BCUT2D eigenvalue weighted by Crippen LogP contribution is -2.37. The number of hydrogen-bond acceptors (Lipinski definition) is 7. The molecule has 4 aromatic rings. The Kier molecular flexibility index (Phi) is 8.04. The largest absolute Gasteiger partial charge is 0.573 e. The summed E-state index contributed by atoms with van der Waals surface area (Å²) in [5, 5.41) is 0.474. The number of aromatic amines is 1.